The average molecular weight is 352 g/mol. The van der Waals surface area contributed by atoms with Crippen LogP contribution in [0, 0.1) is 0 Å². The van der Waals surface area contributed by atoms with Crippen molar-refractivity contribution in [3.8, 4) is 11.5 Å². The Bertz CT molecular complexity index is 578. The van der Waals surface area contributed by atoms with Gasteiger partial charge in [-0.3, -0.25) is 9.69 Å². The normalized spacial score (nSPS) is 22.0. The number of hydrogen-bond donors (Lipinski definition) is 0. The lowest BCUT2D eigenvalue weighted by Gasteiger charge is -2.30. The number of carbonyl (C=O) groups excluding carboxylic acids is 1. The van der Waals surface area contributed by atoms with Gasteiger partial charge in [0.25, 0.3) is 0 Å². The SMILES string of the molecule is COc1ccc([C@H]2SCC(=O)N2CCN2CCOCC2)cc1OC. The van der Waals surface area contributed by atoms with Gasteiger partial charge in [-0.05, 0) is 17.7 Å². The Labute approximate surface area is 147 Å². The van der Waals surface area contributed by atoms with Crippen molar-refractivity contribution in [1.82, 2.24) is 9.80 Å². The zero-order valence-electron chi connectivity index (χ0n) is 14.2. The van der Waals surface area contributed by atoms with Gasteiger partial charge in [-0.25, -0.2) is 0 Å². The molecule has 1 atom stereocenters. The van der Waals surface area contributed by atoms with Crippen molar-refractivity contribution < 1.29 is 19.0 Å². The number of carbonyl (C=O) groups is 1. The number of rotatable bonds is 6. The molecule has 3 rings (SSSR count). The molecule has 2 heterocycles. The second kappa shape index (κ2) is 8.09. The first kappa shape index (κ1) is 17.4. The lowest BCUT2D eigenvalue weighted by Crippen LogP contribution is -2.42. The molecule has 1 aromatic rings. The molecule has 24 heavy (non-hydrogen) atoms. The summed E-state index contributed by atoms with van der Waals surface area (Å²) in [5.74, 6) is 2.13. The van der Waals surface area contributed by atoms with E-state index >= 15 is 0 Å². The highest BCUT2D eigenvalue weighted by molar-refractivity contribution is 8.00. The molecule has 0 unspecified atom stereocenters. The van der Waals surface area contributed by atoms with Gasteiger partial charge in [0.1, 0.15) is 5.37 Å². The van der Waals surface area contributed by atoms with Crippen LogP contribution in [0.1, 0.15) is 10.9 Å². The van der Waals surface area contributed by atoms with E-state index in [1.54, 1.807) is 26.0 Å². The summed E-state index contributed by atoms with van der Waals surface area (Å²) in [5.41, 5.74) is 1.07. The van der Waals surface area contributed by atoms with Crippen LogP contribution in [-0.2, 0) is 9.53 Å². The third-order valence-corrected chi connectivity index (χ3v) is 5.68. The fraction of sp³-hybridized carbons (Fsp3) is 0.588. The maximum Gasteiger partial charge on any atom is 0.233 e. The minimum atomic E-state index is 0.0401. The van der Waals surface area contributed by atoms with Crippen molar-refractivity contribution in [2.24, 2.45) is 0 Å². The number of morpholine rings is 1. The van der Waals surface area contributed by atoms with E-state index in [0.29, 0.717) is 17.3 Å². The second-order valence-corrected chi connectivity index (χ2v) is 6.89. The molecule has 0 aromatic heterocycles. The van der Waals surface area contributed by atoms with Gasteiger partial charge in [0.15, 0.2) is 11.5 Å². The van der Waals surface area contributed by atoms with Crippen LogP contribution in [-0.4, -0.2) is 75.1 Å². The summed E-state index contributed by atoms with van der Waals surface area (Å²) in [6.07, 6.45) is 0. The standard InChI is InChI=1S/C17H24N2O4S/c1-21-14-4-3-13(11-15(14)22-2)17-19(16(20)12-24-17)6-5-18-7-9-23-10-8-18/h3-4,11,17H,5-10,12H2,1-2H3/t17-/m1/s1. The molecule has 0 saturated carbocycles. The molecule has 0 N–H and O–H groups in total. The summed E-state index contributed by atoms with van der Waals surface area (Å²) in [7, 11) is 3.25. The van der Waals surface area contributed by atoms with Crippen LogP contribution in [0.15, 0.2) is 18.2 Å². The molecule has 6 nitrogen and oxygen atoms in total. The molecule has 2 fully saturated rings. The minimum Gasteiger partial charge on any atom is -0.493 e. The maximum atomic E-state index is 12.3. The van der Waals surface area contributed by atoms with Crippen molar-refractivity contribution in [3.63, 3.8) is 0 Å². The molecule has 1 amide bonds. The summed E-state index contributed by atoms with van der Waals surface area (Å²) in [5, 5.41) is 0.0401. The monoisotopic (exact) mass is 352 g/mol. The van der Waals surface area contributed by atoms with E-state index in [1.165, 1.54) is 0 Å². The molecule has 0 spiro atoms. The number of thioether (sulfide) groups is 1. The Morgan fingerprint density at radius 3 is 2.62 bits per heavy atom. The third-order valence-electron chi connectivity index (χ3n) is 4.42. The molecule has 0 bridgehead atoms. The number of amides is 1. The first-order valence-electron chi connectivity index (χ1n) is 8.16. The van der Waals surface area contributed by atoms with Crippen LogP contribution in [0.5, 0.6) is 11.5 Å². The second-order valence-electron chi connectivity index (χ2n) is 5.82. The largest absolute Gasteiger partial charge is 0.493 e. The first-order valence-corrected chi connectivity index (χ1v) is 9.21. The average Bonchev–Trinajstić information content (AvgIpc) is 3.00. The number of hydrogen-bond acceptors (Lipinski definition) is 6. The van der Waals surface area contributed by atoms with Gasteiger partial charge < -0.3 is 19.1 Å². The van der Waals surface area contributed by atoms with Gasteiger partial charge >= 0.3 is 0 Å². The highest BCUT2D eigenvalue weighted by Crippen LogP contribution is 2.41. The van der Waals surface area contributed by atoms with Crippen LogP contribution < -0.4 is 9.47 Å². The van der Waals surface area contributed by atoms with Gasteiger partial charge in [0.2, 0.25) is 5.91 Å². The van der Waals surface area contributed by atoms with Gasteiger partial charge in [-0.2, -0.15) is 0 Å². The highest BCUT2D eigenvalue weighted by Gasteiger charge is 2.33. The topological polar surface area (TPSA) is 51.2 Å². The molecule has 132 valence electrons. The summed E-state index contributed by atoms with van der Waals surface area (Å²) in [6, 6.07) is 5.88. The lowest BCUT2D eigenvalue weighted by atomic mass is 10.1. The van der Waals surface area contributed by atoms with Crippen molar-refractivity contribution in [3.05, 3.63) is 23.8 Å². The number of ether oxygens (including phenoxy) is 3. The number of methoxy groups -OCH3 is 2. The predicted octanol–water partition coefficient (Wildman–Crippen LogP) is 1.61. The van der Waals surface area contributed by atoms with Crippen LogP contribution >= 0.6 is 11.8 Å². The van der Waals surface area contributed by atoms with E-state index in [0.717, 1.165) is 45.0 Å². The van der Waals surface area contributed by atoms with E-state index < -0.39 is 0 Å². The van der Waals surface area contributed by atoms with Gasteiger partial charge in [-0.15, -0.1) is 11.8 Å². The molecular formula is C17H24N2O4S. The van der Waals surface area contributed by atoms with E-state index in [4.69, 9.17) is 14.2 Å². The fourth-order valence-corrected chi connectivity index (χ4v) is 4.26. The summed E-state index contributed by atoms with van der Waals surface area (Å²) in [4.78, 5) is 16.6. The van der Waals surface area contributed by atoms with Crippen LogP contribution in [0.2, 0.25) is 0 Å². The first-order chi connectivity index (χ1) is 11.7. The number of benzene rings is 1. The predicted molar refractivity (Wildman–Crippen MR) is 93.7 cm³/mol. The van der Waals surface area contributed by atoms with E-state index in [1.807, 2.05) is 23.1 Å². The third kappa shape index (κ3) is 3.79. The molecule has 1 aromatic carbocycles. The maximum absolute atomic E-state index is 12.3. The van der Waals surface area contributed by atoms with Crippen molar-refractivity contribution in [1.29, 1.82) is 0 Å². The summed E-state index contributed by atoms with van der Waals surface area (Å²) < 4.78 is 16.1. The van der Waals surface area contributed by atoms with E-state index in [-0.39, 0.29) is 11.3 Å². The van der Waals surface area contributed by atoms with Crippen molar-refractivity contribution >= 4 is 17.7 Å². The lowest BCUT2D eigenvalue weighted by molar-refractivity contribution is -0.128. The Morgan fingerprint density at radius 1 is 1.17 bits per heavy atom. The van der Waals surface area contributed by atoms with Crippen molar-refractivity contribution in [2.75, 3.05) is 59.4 Å². The van der Waals surface area contributed by atoms with E-state index in [2.05, 4.69) is 4.90 Å². The Kier molecular flexibility index (Phi) is 5.86. The minimum absolute atomic E-state index is 0.0401. The van der Waals surface area contributed by atoms with Gasteiger partial charge in [-0.1, -0.05) is 6.07 Å². The van der Waals surface area contributed by atoms with Crippen LogP contribution in [0.4, 0.5) is 0 Å². The molecule has 2 aliphatic rings. The zero-order valence-corrected chi connectivity index (χ0v) is 15.0. The molecule has 0 aliphatic carbocycles. The summed E-state index contributed by atoms with van der Waals surface area (Å²) >= 11 is 1.67. The zero-order chi connectivity index (χ0) is 16.9. The number of nitrogens with zero attached hydrogens (tertiary/aromatic N) is 2. The van der Waals surface area contributed by atoms with Gasteiger partial charge in [0.05, 0.1) is 33.2 Å². The highest BCUT2D eigenvalue weighted by atomic mass is 32.2. The van der Waals surface area contributed by atoms with Gasteiger partial charge in [0, 0.05) is 26.2 Å². The molecular weight excluding hydrogens is 328 g/mol. The summed E-state index contributed by atoms with van der Waals surface area (Å²) in [6.45, 7) is 5.07. The van der Waals surface area contributed by atoms with E-state index in [9.17, 15) is 4.79 Å². The fourth-order valence-electron chi connectivity index (χ4n) is 3.05. The van der Waals surface area contributed by atoms with Crippen LogP contribution in [0.25, 0.3) is 0 Å². The van der Waals surface area contributed by atoms with Crippen LogP contribution in [0.3, 0.4) is 0 Å². The smallest absolute Gasteiger partial charge is 0.233 e. The Hall–Kier alpha value is -1.44. The molecule has 2 aliphatic heterocycles. The quantitative estimate of drug-likeness (QED) is 0.775. The molecule has 0 radical (unpaired) electrons. The Morgan fingerprint density at radius 2 is 1.92 bits per heavy atom. The molecule has 2 saturated heterocycles. The Balaban J connectivity index is 1.70. The van der Waals surface area contributed by atoms with Crippen molar-refractivity contribution in [2.45, 2.75) is 5.37 Å². The molecule has 7 heteroatoms.